The average Bonchev–Trinajstić information content (AvgIpc) is 2.28. The zero-order valence-corrected chi connectivity index (χ0v) is 8.64. The Labute approximate surface area is 87.7 Å². The number of rotatable bonds is 2. The van der Waals surface area contributed by atoms with Gasteiger partial charge >= 0.3 is 11.9 Å². The van der Waals surface area contributed by atoms with Crippen molar-refractivity contribution in [1.82, 2.24) is 4.98 Å². The lowest BCUT2D eigenvalue weighted by atomic mass is 10.3. The van der Waals surface area contributed by atoms with Gasteiger partial charge in [-0.05, 0) is 19.1 Å². The molecule has 15 heavy (non-hydrogen) atoms. The lowest BCUT2D eigenvalue weighted by Gasteiger charge is -2.15. The molecule has 1 amide bonds. The van der Waals surface area contributed by atoms with Crippen molar-refractivity contribution >= 4 is 17.6 Å². The molecule has 0 radical (unpaired) electrons. The molecule has 1 aromatic rings. The number of ether oxygens (including phenoxy) is 1. The minimum Gasteiger partial charge on any atom is -0.459 e. The minimum absolute atomic E-state index is 0.189. The zero-order valence-electron chi connectivity index (χ0n) is 8.64. The summed E-state index contributed by atoms with van der Waals surface area (Å²) in [5.74, 6) is -1.54. The summed E-state index contributed by atoms with van der Waals surface area (Å²) in [6, 6.07) is 3.27. The summed E-state index contributed by atoms with van der Waals surface area (Å²) in [5, 5.41) is 0. The second kappa shape index (κ2) is 5.09. The van der Waals surface area contributed by atoms with Gasteiger partial charge in [-0.1, -0.05) is 0 Å². The van der Waals surface area contributed by atoms with Crippen molar-refractivity contribution in [3.63, 3.8) is 0 Å². The van der Waals surface area contributed by atoms with Crippen LogP contribution in [-0.4, -0.2) is 30.5 Å². The maximum absolute atomic E-state index is 11.5. The third kappa shape index (κ3) is 2.77. The van der Waals surface area contributed by atoms with Crippen LogP contribution in [0.5, 0.6) is 0 Å². The van der Waals surface area contributed by atoms with Gasteiger partial charge in [0.2, 0.25) is 0 Å². The van der Waals surface area contributed by atoms with Crippen molar-refractivity contribution in [2.24, 2.45) is 0 Å². The first-order valence-electron chi connectivity index (χ1n) is 4.51. The van der Waals surface area contributed by atoms with Gasteiger partial charge in [0.25, 0.3) is 0 Å². The van der Waals surface area contributed by atoms with E-state index in [0.29, 0.717) is 5.69 Å². The number of carbonyl (C=O) groups excluding carboxylic acids is 2. The third-order valence-corrected chi connectivity index (χ3v) is 1.80. The molecule has 1 heterocycles. The molecule has 0 N–H and O–H groups in total. The summed E-state index contributed by atoms with van der Waals surface area (Å²) in [4.78, 5) is 27.6. The van der Waals surface area contributed by atoms with E-state index in [2.05, 4.69) is 9.72 Å². The van der Waals surface area contributed by atoms with Gasteiger partial charge in [0.05, 0.1) is 6.61 Å². The number of hydrogen-bond donors (Lipinski definition) is 0. The van der Waals surface area contributed by atoms with Crippen LogP contribution >= 0.6 is 0 Å². The predicted molar refractivity (Wildman–Crippen MR) is 54.3 cm³/mol. The summed E-state index contributed by atoms with van der Waals surface area (Å²) in [6.07, 6.45) is 3.09. The van der Waals surface area contributed by atoms with Crippen molar-refractivity contribution in [1.29, 1.82) is 0 Å². The van der Waals surface area contributed by atoms with Crippen LogP contribution in [0.15, 0.2) is 24.5 Å². The van der Waals surface area contributed by atoms with Crippen molar-refractivity contribution in [3.05, 3.63) is 24.5 Å². The molecular weight excluding hydrogens is 196 g/mol. The van der Waals surface area contributed by atoms with Crippen molar-refractivity contribution in [2.75, 3.05) is 18.6 Å². The van der Waals surface area contributed by atoms with E-state index >= 15 is 0 Å². The first kappa shape index (κ1) is 11.2. The van der Waals surface area contributed by atoms with Crippen LogP contribution in [0.2, 0.25) is 0 Å². The fourth-order valence-electron chi connectivity index (χ4n) is 1.01. The number of nitrogens with zero attached hydrogens (tertiary/aromatic N) is 2. The van der Waals surface area contributed by atoms with Gasteiger partial charge < -0.3 is 9.64 Å². The first-order valence-corrected chi connectivity index (χ1v) is 4.51. The Hall–Kier alpha value is -1.91. The summed E-state index contributed by atoms with van der Waals surface area (Å²) in [7, 11) is 1.51. The molecule has 0 spiro atoms. The summed E-state index contributed by atoms with van der Waals surface area (Å²) in [5.41, 5.74) is 0.600. The predicted octanol–water partition coefficient (Wildman–Crippen LogP) is 0.607. The number of pyridine rings is 1. The number of anilines is 1. The van der Waals surface area contributed by atoms with Gasteiger partial charge in [0, 0.05) is 25.1 Å². The molecule has 5 nitrogen and oxygen atoms in total. The van der Waals surface area contributed by atoms with E-state index < -0.39 is 11.9 Å². The SMILES string of the molecule is CCOC(=O)C(=O)N(C)c1ccncc1. The number of aromatic nitrogens is 1. The molecule has 0 aliphatic rings. The monoisotopic (exact) mass is 208 g/mol. The second-order valence-electron chi connectivity index (χ2n) is 2.79. The van der Waals surface area contributed by atoms with Crippen LogP contribution in [0.4, 0.5) is 5.69 Å². The first-order chi connectivity index (χ1) is 7.16. The third-order valence-electron chi connectivity index (χ3n) is 1.80. The Morgan fingerprint density at radius 3 is 2.53 bits per heavy atom. The van der Waals surface area contributed by atoms with Crippen molar-refractivity contribution in [3.8, 4) is 0 Å². The Morgan fingerprint density at radius 2 is 2.00 bits per heavy atom. The average molecular weight is 208 g/mol. The quantitative estimate of drug-likeness (QED) is 0.527. The van der Waals surface area contributed by atoms with E-state index in [-0.39, 0.29) is 6.61 Å². The molecule has 0 aliphatic carbocycles. The Kier molecular flexibility index (Phi) is 3.79. The Morgan fingerprint density at radius 1 is 1.40 bits per heavy atom. The lowest BCUT2D eigenvalue weighted by Crippen LogP contribution is -2.34. The van der Waals surface area contributed by atoms with E-state index in [1.165, 1.54) is 11.9 Å². The van der Waals surface area contributed by atoms with Gasteiger partial charge in [0.1, 0.15) is 0 Å². The van der Waals surface area contributed by atoms with Crippen LogP contribution in [-0.2, 0) is 14.3 Å². The highest BCUT2D eigenvalue weighted by Gasteiger charge is 2.20. The van der Waals surface area contributed by atoms with Crippen LogP contribution in [0.3, 0.4) is 0 Å². The van der Waals surface area contributed by atoms with Crippen LogP contribution in [0.1, 0.15) is 6.92 Å². The van der Waals surface area contributed by atoms with Gasteiger partial charge in [-0.3, -0.25) is 9.78 Å². The molecule has 0 saturated carbocycles. The fourth-order valence-corrected chi connectivity index (χ4v) is 1.01. The Bertz CT molecular complexity index is 351. The van der Waals surface area contributed by atoms with Crippen LogP contribution in [0.25, 0.3) is 0 Å². The molecule has 1 rings (SSSR count). The second-order valence-corrected chi connectivity index (χ2v) is 2.79. The molecule has 0 aliphatic heterocycles. The number of amides is 1. The molecule has 0 fully saturated rings. The molecule has 0 unspecified atom stereocenters. The summed E-state index contributed by atoms with van der Waals surface area (Å²) < 4.78 is 4.60. The normalized spacial score (nSPS) is 9.47. The van der Waals surface area contributed by atoms with Gasteiger partial charge in [-0.25, -0.2) is 4.79 Å². The molecule has 5 heteroatoms. The molecule has 0 bridgehead atoms. The molecule has 80 valence electrons. The largest absolute Gasteiger partial charge is 0.459 e. The van der Waals surface area contributed by atoms with Gasteiger partial charge in [-0.15, -0.1) is 0 Å². The molecule has 0 saturated heterocycles. The smallest absolute Gasteiger partial charge is 0.397 e. The highest BCUT2D eigenvalue weighted by molar-refractivity contribution is 6.37. The van der Waals surface area contributed by atoms with E-state index in [1.54, 1.807) is 31.5 Å². The number of hydrogen-bond acceptors (Lipinski definition) is 4. The van der Waals surface area contributed by atoms with Gasteiger partial charge in [-0.2, -0.15) is 0 Å². The zero-order chi connectivity index (χ0) is 11.3. The molecular formula is C10H12N2O3. The number of likely N-dealkylation sites (N-methyl/N-ethyl adjacent to an activating group) is 1. The highest BCUT2D eigenvalue weighted by atomic mass is 16.5. The highest BCUT2D eigenvalue weighted by Crippen LogP contribution is 2.09. The van der Waals surface area contributed by atoms with Crippen molar-refractivity contribution < 1.29 is 14.3 Å². The Balaban J connectivity index is 2.73. The molecule has 1 aromatic heterocycles. The molecule has 0 atom stereocenters. The summed E-state index contributed by atoms with van der Waals surface area (Å²) >= 11 is 0. The van der Waals surface area contributed by atoms with E-state index in [1.807, 2.05) is 0 Å². The van der Waals surface area contributed by atoms with E-state index in [0.717, 1.165) is 0 Å². The number of carbonyl (C=O) groups is 2. The number of esters is 1. The standard InChI is InChI=1S/C10H12N2O3/c1-3-15-10(14)9(13)12(2)8-4-6-11-7-5-8/h4-7H,3H2,1-2H3. The van der Waals surface area contributed by atoms with E-state index in [9.17, 15) is 9.59 Å². The minimum atomic E-state index is -0.850. The fraction of sp³-hybridized carbons (Fsp3) is 0.300. The molecule has 0 aromatic carbocycles. The van der Waals surface area contributed by atoms with Crippen LogP contribution < -0.4 is 4.90 Å². The lowest BCUT2D eigenvalue weighted by molar-refractivity contribution is -0.153. The van der Waals surface area contributed by atoms with Crippen molar-refractivity contribution in [2.45, 2.75) is 6.92 Å². The van der Waals surface area contributed by atoms with E-state index in [4.69, 9.17) is 0 Å². The van der Waals surface area contributed by atoms with Crippen LogP contribution in [0, 0.1) is 0 Å². The summed E-state index contributed by atoms with van der Waals surface area (Å²) in [6.45, 7) is 1.84. The maximum Gasteiger partial charge on any atom is 0.397 e. The topological polar surface area (TPSA) is 59.5 Å². The maximum atomic E-state index is 11.5. The van der Waals surface area contributed by atoms with Gasteiger partial charge in [0.15, 0.2) is 0 Å².